The Morgan fingerprint density at radius 3 is 2.33 bits per heavy atom. The molecule has 2 rings (SSSR count). The van der Waals surface area contributed by atoms with E-state index < -0.39 is 11.8 Å². The van der Waals surface area contributed by atoms with E-state index in [0.29, 0.717) is 25.3 Å². The van der Waals surface area contributed by atoms with Crippen LogP contribution in [0.2, 0.25) is 0 Å². The number of nitrogens with one attached hydrogen (secondary N) is 2. The van der Waals surface area contributed by atoms with Crippen molar-refractivity contribution in [3.8, 4) is 0 Å². The van der Waals surface area contributed by atoms with Gasteiger partial charge in [0, 0.05) is 57.3 Å². The fourth-order valence-electron chi connectivity index (χ4n) is 2.81. The Bertz CT molecular complexity index is 583. The molecule has 1 fully saturated rings. The zero-order valence-corrected chi connectivity index (χ0v) is 16.5. The lowest BCUT2D eigenvalue weighted by Crippen LogP contribution is -2.44. The number of hydrogen-bond donors (Lipinski definition) is 2. The van der Waals surface area contributed by atoms with Crippen LogP contribution in [0.15, 0.2) is 24.3 Å². The van der Waals surface area contributed by atoms with E-state index in [0.717, 1.165) is 51.3 Å². The fraction of sp³-hybridized carbons (Fsp3) is 0.600. The van der Waals surface area contributed by atoms with Crippen molar-refractivity contribution in [2.45, 2.75) is 26.2 Å². The first kappa shape index (κ1) is 21.2. The minimum atomic E-state index is -0.644. The minimum Gasteiger partial charge on any atom is -0.381 e. The lowest BCUT2D eigenvalue weighted by Gasteiger charge is -2.34. The van der Waals surface area contributed by atoms with Gasteiger partial charge >= 0.3 is 11.8 Å². The lowest BCUT2D eigenvalue weighted by molar-refractivity contribution is -0.136. The van der Waals surface area contributed by atoms with Crippen molar-refractivity contribution >= 4 is 23.2 Å². The average molecular weight is 377 g/mol. The van der Waals surface area contributed by atoms with Crippen molar-refractivity contribution in [2.75, 3.05) is 63.2 Å². The molecule has 0 unspecified atom stereocenters. The second-order valence-corrected chi connectivity index (χ2v) is 6.87. The van der Waals surface area contributed by atoms with E-state index in [2.05, 4.69) is 34.4 Å². The van der Waals surface area contributed by atoms with Gasteiger partial charge in [0.25, 0.3) is 0 Å². The van der Waals surface area contributed by atoms with Crippen molar-refractivity contribution < 1.29 is 14.3 Å². The van der Waals surface area contributed by atoms with Gasteiger partial charge < -0.3 is 25.2 Å². The molecule has 0 spiro atoms. The van der Waals surface area contributed by atoms with Gasteiger partial charge in [-0.1, -0.05) is 13.3 Å². The van der Waals surface area contributed by atoms with Gasteiger partial charge in [0.1, 0.15) is 0 Å². The fourth-order valence-corrected chi connectivity index (χ4v) is 2.81. The van der Waals surface area contributed by atoms with Gasteiger partial charge in [0.2, 0.25) is 0 Å². The van der Waals surface area contributed by atoms with Crippen LogP contribution in [0.3, 0.4) is 0 Å². The SMILES string of the molecule is CCCCOCCCNC(=O)C(=O)Nc1ccc(N2CCN(C)CC2)cc1. The molecule has 7 nitrogen and oxygen atoms in total. The molecule has 1 saturated heterocycles. The number of carbonyl (C=O) groups excluding carboxylic acids is 2. The standard InChI is InChI=1S/C20H32N4O3/c1-3-4-15-27-16-5-10-21-19(25)20(26)22-17-6-8-18(9-7-17)24-13-11-23(2)12-14-24/h6-9H,3-5,10-16H2,1-2H3,(H,21,25)(H,22,26). The van der Waals surface area contributed by atoms with Gasteiger partial charge in [-0.15, -0.1) is 0 Å². The van der Waals surface area contributed by atoms with Crippen LogP contribution in [0, 0.1) is 0 Å². The first-order valence-corrected chi connectivity index (χ1v) is 9.80. The summed E-state index contributed by atoms with van der Waals surface area (Å²) in [5.41, 5.74) is 1.75. The molecule has 150 valence electrons. The molecule has 1 aliphatic rings. The van der Waals surface area contributed by atoms with Crippen LogP contribution in [-0.2, 0) is 14.3 Å². The van der Waals surface area contributed by atoms with Crippen molar-refractivity contribution in [1.82, 2.24) is 10.2 Å². The number of hydrogen-bond acceptors (Lipinski definition) is 5. The van der Waals surface area contributed by atoms with E-state index in [1.165, 1.54) is 0 Å². The smallest absolute Gasteiger partial charge is 0.313 e. The summed E-state index contributed by atoms with van der Waals surface area (Å²) in [7, 11) is 2.13. The Morgan fingerprint density at radius 1 is 1.00 bits per heavy atom. The van der Waals surface area contributed by atoms with E-state index in [1.807, 2.05) is 24.3 Å². The molecule has 0 radical (unpaired) electrons. The normalized spacial score (nSPS) is 14.8. The monoisotopic (exact) mass is 376 g/mol. The number of likely N-dealkylation sites (N-methyl/N-ethyl adjacent to an activating group) is 1. The van der Waals surface area contributed by atoms with E-state index >= 15 is 0 Å². The summed E-state index contributed by atoms with van der Waals surface area (Å²) in [6.07, 6.45) is 2.85. The van der Waals surface area contributed by atoms with Crippen molar-refractivity contribution in [1.29, 1.82) is 0 Å². The van der Waals surface area contributed by atoms with Crippen LogP contribution < -0.4 is 15.5 Å². The van der Waals surface area contributed by atoms with E-state index in [-0.39, 0.29) is 0 Å². The largest absolute Gasteiger partial charge is 0.381 e. The van der Waals surface area contributed by atoms with Crippen LogP contribution in [0.25, 0.3) is 0 Å². The Balaban J connectivity index is 1.68. The van der Waals surface area contributed by atoms with Gasteiger partial charge in [-0.3, -0.25) is 9.59 Å². The third kappa shape index (κ3) is 7.56. The molecule has 27 heavy (non-hydrogen) atoms. The molecule has 1 aromatic rings. The Hall–Kier alpha value is -2.12. The molecular formula is C20H32N4O3. The van der Waals surface area contributed by atoms with E-state index in [9.17, 15) is 9.59 Å². The van der Waals surface area contributed by atoms with Gasteiger partial charge in [0.05, 0.1) is 0 Å². The van der Waals surface area contributed by atoms with Crippen LogP contribution in [0.5, 0.6) is 0 Å². The van der Waals surface area contributed by atoms with Crippen LogP contribution >= 0.6 is 0 Å². The van der Waals surface area contributed by atoms with E-state index in [1.54, 1.807) is 0 Å². The summed E-state index contributed by atoms with van der Waals surface area (Å²) in [4.78, 5) is 28.4. The molecule has 0 atom stereocenters. The topological polar surface area (TPSA) is 73.9 Å². The van der Waals surface area contributed by atoms with E-state index in [4.69, 9.17) is 4.74 Å². The maximum atomic E-state index is 12.0. The maximum absolute atomic E-state index is 12.0. The van der Waals surface area contributed by atoms with Gasteiger partial charge in [-0.25, -0.2) is 0 Å². The second-order valence-electron chi connectivity index (χ2n) is 6.87. The third-order valence-corrected chi connectivity index (χ3v) is 4.59. The molecule has 0 aliphatic carbocycles. The molecule has 0 saturated carbocycles. The number of rotatable bonds is 9. The highest BCUT2D eigenvalue weighted by molar-refractivity contribution is 6.39. The molecule has 1 aliphatic heterocycles. The maximum Gasteiger partial charge on any atom is 0.313 e. The Labute approximate surface area is 162 Å². The van der Waals surface area contributed by atoms with Crippen molar-refractivity contribution in [3.63, 3.8) is 0 Å². The number of benzene rings is 1. The van der Waals surface area contributed by atoms with Gasteiger partial charge in [-0.05, 0) is 44.2 Å². The number of nitrogens with zero attached hydrogens (tertiary/aromatic N) is 2. The number of ether oxygens (including phenoxy) is 1. The molecule has 0 aromatic heterocycles. The highest BCUT2D eigenvalue weighted by Crippen LogP contribution is 2.19. The lowest BCUT2D eigenvalue weighted by atomic mass is 10.2. The third-order valence-electron chi connectivity index (χ3n) is 4.59. The predicted octanol–water partition coefficient (Wildman–Crippen LogP) is 1.70. The summed E-state index contributed by atoms with van der Waals surface area (Å²) in [5, 5.41) is 5.26. The zero-order chi connectivity index (χ0) is 19.5. The summed E-state index contributed by atoms with van der Waals surface area (Å²) in [6, 6.07) is 7.62. The summed E-state index contributed by atoms with van der Waals surface area (Å²) in [5.74, 6) is -1.26. The van der Waals surface area contributed by atoms with Crippen molar-refractivity contribution in [3.05, 3.63) is 24.3 Å². The number of piperazine rings is 1. The molecule has 1 aromatic carbocycles. The number of carbonyl (C=O) groups is 2. The van der Waals surface area contributed by atoms with Gasteiger partial charge in [0.15, 0.2) is 0 Å². The van der Waals surface area contributed by atoms with Crippen LogP contribution in [-0.4, -0.2) is 69.7 Å². The molecule has 2 N–H and O–H groups in total. The quantitative estimate of drug-likeness (QED) is 0.507. The van der Waals surface area contributed by atoms with Crippen LogP contribution in [0.1, 0.15) is 26.2 Å². The summed E-state index contributed by atoms with van der Waals surface area (Å²) < 4.78 is 5.42. The molecule has 0 bridgehead atoms. The molecule has 1 heterocycles. The van der Waals surface area contributed by atoms with Crippen molar-refractivity contribution in [2.24, 2.45) is 0 Å². The summed E-state index contributed by atoms with van der Waals surface area (Å²) >= 11 is 0. The predicted molar refractivity (Wildman–Crippen MR) is 108 cm³/mol. The average Bonchev–Trinajstić information content (AvgIpc) is 2.68. The number of anilines is 2. The highest BCUT2D eigenvalue weighted by atomic mass is 16.5. The number of amides is 2. The van der Waals surface area contributed by atoms with Gasteiger partial charge in [-0.2, -0.15) is 0 Å². The minimum absolute atomic E-state index is 0.431. The zero-order valence-electron chi connectivity index (χ0n) is 16.5. The Morgan fingerprint density at radius 2 is 1.67 bits per heavy atom. The molecular weight excluding hydrogens is 344 g/mol. The molecule has 2 amide bonds. The molecule has 7 heteroatoms. The Kier molecular flexibility index (Phi) is 9.07. The highest BCUT2D eigenvalue weighted by Gasteiger charge is 2.15. The first-order valence-electron chi connectivity index (χ1n) is 9.80. The second kappa shape index (κ2) is 11.6. The summed E-state index contributed by atoms with van der Waals surface area (Å²) in [6.45, 7) is 7.96. The first-order chi connectivity index (χ1) is 13.1. The number of unbranched alkanes of at least 4 members (excludes halogenated alkanes) is 1. The van der Waals surface area contributed by atoms with Crippen LogP contribution in [0.4, 0.5) is 11.4 Å².